The zero-order chi connectivity index (χ0) is 14.5. The molecule has 104 valence electrons. The smallest absolute Gasteiger partial charge is 0.321 e. The molecule has 0 spiro atoms. The van der Waals surface area contributed by atoms with Crippen LogP contribution in [0.15, 0.2) is 47.4 Å². The van der Waals surface area contributed by atoms with E-state index in [1.165, 1.54) is 23.9 Å². The van der Waals surface area contributed by atoms with Crippen LogP contribution < -0.4 is 4.74 Å². The lowest BCUT2D eigenvalue weighted by atomic mass is 10.1. The molecule has 0 aromatic heterocycles. The molecule has 0 N–H and O–H groups in total. The number of aryl methyl sites for hydroxylation is 2. The first-order valence-electron chi connectivity index (χ1n) is 6.21. The molecule has 0 amide bonds. The van der Waals surface area contributed by atoms with E-state index >= 15 is 0 Å². The third-order valence-electron chi connectivity index (χ3n) is 2.72. The second kappa shape index (κ2) is 6.57. The van der Waals surface area contributed by atoms with E-state index in [1.54, 1.807) is 18.2 Å². The average Bonchev–Trinajstić information content (AvgIpc) is 2.41. The van der Waals surface area contributed by atoms with Crippen molar-refractivity contribution in [2.45, 2.75) is 18.7 Å². The SMILES string of the molecule is Cc1ccc(OC(=O)CSc2ccc(F)cc2)c(C)c1. The van der Waals surface area contributed by atoms with Crippen LogP contribution in [0, 0.1) is 19.7 Å². The first kappa shape index (κ1) is 14.6. The monoisotopic (exact) mass is 290 g/mol. The van der Waals surface area contributed by atoms with E-state index in [4.69, 9.17) is 4.74 Å². The molecule has 0 radical (unpaired) electrons. The van der Waals surface area contributed by atoms with Crippen LogP contribution in [0.4, 0.5) is 4.39 Å². The lowest BCUT2D eigenvalue weighted by Crippen LogP contribution is -2.11. The van der Waals surface area contributed by atoms with Gasteiger partial charge >= 0.3 is 5.97 Å². The number of rotatable bonds is 4. The van der Waals surface area contributed by atoms with Gasteiger partial charge in [0, 0.05) is 4.90 Å². The van der Waals surface area contributed by atoms with Gasteiger partial charge in [0.05, 0.1) is 5.75 Å². The molecular formula is C16H15FO2S. The van der Waals surface area contributed by atoms with Crippen molar-refractivity contribution < 1.29 is 13.9 Å². The van der Waals surface area contributed by atoms with Crippen molar-refractivity contribution in [1.29, 1.82) is 0 Å². The van der Waals surface area contributed by atoms with Gasteiger partial charge < -0.3 is 4.74 Å². The van der Waals surface area contributed by atoms with E-state index in [2.05, 4.69) is 0 Å². The van der Waals surface area contributed by atoms with E-state index in [0.29, 0.717) is 5.75 Å². The van der Waals surface area contributed by atoms with Gasteiger partial charge in [-0.05, 0) is 49.7 Å². The highest BCUT2D eigenvalue weighted by Gasteiger charge is 2.08. The minimum absolute atomic E-state index is 0.193. The lowest BCUT2D eigenvalue weighted by Gasteiger charge is -2.08. The predicted molar refractivity (Wildman–Crippen MR) is 78.7 cm³/mol. The number of hydrogen-bond donors (Lipinski definition) is 0. The van der Waals surface area contributed by atoms with Gasteiger partial charge in [-0.3, -0.25) is 4.79 Å². The molecule has 0 aliphatic carbocycles. The molecule has 0 atom stereocenters. The van der Waals surface area contributed by atoms with Crippen LogP contribution in [0.2, 0.25) is 0 Å². The number of hydrogen-bond acceptors (Lipinski definition) is 3. The van der Waals surface area contributed by atoms with Gasteiger partial charge in [-0.15, -0.1) is 11.8 Å². The Bertz CT molecular complexity index is 608. The standard InChI is InChI=1S/C16H15FO2S/c1-11-3-8-15(12(2)9-11)19-16(18)10-20-14-6-4-13(17)5-7-14/h3-9H,10H2,1-2H3. The van der Waals surface area contributed by atoms with Gasteiger partial charge in [0.1, 0.15) is 11.6 Å². The van der Waals surface area contributed by atoms with E-state index in [9.17, 15) is 9.18 Å². The molecular weight excluding hydrogens is 275 g/mol. The molecule has 0 heterocycles. The lowest BCUT2D eigenvalue weighted by molar-refractivity contribution is -0.131. The van der Waals surface area contributed by atoms with Crippen LogP contribution >= 0.6 is 11.8 Å². The number of carbonyl (C=O) groups is 1. The molecule has 2 nitrogen and oxygen atoms in total. The first-order valence-corrected chi connectivity index (χ1v) is 7.19. The molecule has 20 heavy (non-hydrogen) atoms. The third kappa shape index (κ3) is 4.10. The van der Waals surface area contributed by atoms with Gasteiger partial charge in [-0.2, -0.15) is 0 Å². The fourth-order valence-electron chi connectivity index (χ4n) is 1.74. The van der Waals surface area contributed by atoms with Gasteiger partial charge in [0.2, 0.25) is 0 Å². The van der Waals surface area contributed by atoms with E-state index in [0.717, 1.165) is 16.0 Å². The summed E-state index contributed by atoms with van der Waals surface area (Å²) in [5.41, 5.74) is 2.06. The molecule has 0 fully saturated rings. The molecule has 2 aromatic rings. The predicted octanol–water partition coefficient (Wildman–Crippen LogP) is 4.14. The van der Waals surface area contributed by atoms with Crippen LogP contribution in [-0.2, 0) is 4.79 Å². The Hall–Kier alpha value is -1.81. The van der Waals surface area contributed by atoms with E-state index < -0.39 is 0 Å². The Morgan fingerprint density at radius 1 is 1.15 bits per heavy atom. The van der Waals surface area contributed by atoms with E-state index in [-0.39, 0.29) is 17.5 Å². The highest BCUT2D eigenvalue weighted by Crippen LogP contribution is 2.21. The van der Waals surface area contributed by atoms with Crippen LogP contribution in [0.25, 0.3) is 0 Å². The summed E-state index contributed by atoms with van der Waals surface area (Å²) in [6.45, 7) is 3.89. The number of carbonyl (C=O) groups excluding carboxylic acids is 1. The van der Waals surface area contributed by atoms with E-state index in [1.807, 2.05) is 26.0 Å². The molecule has 0 saturated heterocycles. The second-order valence-electron chi connectivity index (χ2n) is 4.49. The summed E-state index contributed by atoms with van der Waals surface area (Å²) < 4.78 is 18.1. The Kier molecular flexibility index (Phi) is 4.79. The Morgan fingerprint density at radius 3 is 2.50 bits per heavy atom. The Morgan fingerprint density at radius 2 is 1.85 bits per heavy atom. The Labute approximate surface area is 122 Å². The zero-order valence-corrected chi connectivity index (χ0v) is 12.2. The highest BCUT2D eigenvalue weighted by atomic mass is 32.2. The minimum atomic E-state index is -0.314. The van der Waals surface area contributed by atoms with Crippen molar-refractivity contribution in [2.75, 3.05) is 5.75 Å². The summed E-state index contributed by atoms with van der Waals surface area (Å²) in [5.74, 6) is 0.178. The summed E-state index contributed by atoms with van der Waals surface area (Å²) in [5, 5.41) is 0. The maximum Gasteiger partial charge on any atom is 0.321 e. The van der Waals surface area contributed by atoms with Gasteiger partial charge in [0.25, 0.3) is 0 Å². The molecule has 0 saturated carbocycles. The fraction of sp³-hybridized carbons (Fsp3) is 0.188. The van der Waals surface area contributed by atoms with Crippen molar-refractivity contribution in [2.24, 2.45) is 0 Å². The summed E-state index contributed by atoms with van der Waals surface area (Å²) in [4.78, 5) is 12.6. The highest BCUT2D eigenvalue weighted by molar-refractivity contribution is 8.00. The number of halogens is 1. The molecule has 4 heteroatoms. The zero-order valence-electron chi connectivity index (χ0n) is 11.4. The van der Waals surface area contributed by atoms with Crippen molar-refractivity contribution in [1.82, 2.24) is 0 Å². The van der Waals surface area contributed by atoms with Crippen LogP contribution in [-0.4, -0.2) is 11.7 Å². The molecule has 0 aliphatic rings. The number of esters is 1. The number of thioether (sulfide) groups is 1. The van der Waals surface area contributed by atoms with Crippen molar-refractivity contribution >= 4 is 17.7 Å². The van der Waals surface area contributed by atoms with Crippen molar-refractivity contribution in [3.05, 3.63) is 59.4 Å². The number of benzene rings is 2. The maximum absolute atomic E-state index is 12.7. The summed E-state index contributed by atoms with van der Waals surface area (Å²) in [7, 11) is 0. The van der Waals surface area contributed by atoms with Crippen LogP contribution in [0.1, 0.15) is 11.1 Å². The van der Waals surface area contributed by atoms with Gasteiger partial charge in [-0.25, -0.2) is 4.39 Å². The first-order chi connectivity index (χ1) is 9.54. The van der Waals surface area contributed by atoms with Crippen molar-refractivity contribution in [3.63, 3.8) is 0 Å². The normalized spacial score (nSPS) is 10.3. The van der Waals surface area contributed by atoms with Crippen LogP contribution in [0.3, 0.4) is 0 Å². The van der Waals surface area contributed by atoms with Gasteiger partial charge in [0.15, 0.2) is 0 Å². The summed E-state index contributed by atoms with van der Waals surface area (Å²) >= 11 is 1.32. The molecule has 0 unspecified atom stereocenters. The summed E-state index contributed by atoms with van der Waals surface area (Å²) in [6, 6.07) is 11.7. The third-order valence-corrected chi connectivity index (χ3v) is 3.71. The van der Waals surface area contributed by atoms with Gasteiger partial charge in [-0.1, -0.05) is 17.7 Å². The molecule has 0 aliphatic heterocycles. The topological polar surface area (TPSA) is 26.3 Å². The number of ether oxygens (including phenoxy) is 1. The van der Waals surface area contributed by atoms with Crippen molar-refractivity contribution in [3.8, 4) is 5.75 Å². The van der Waals surface area contributed by atoms with Crippen LogP contribution in [0.5, 0.6) is 5.75 Å². The fourth-order valence-corrected chi connectivity index (χ4v) is 2.41. The summed E-state index contributed by atoms with van der Waals surface area (Å²) in [6.07, 6.45) is 0. The Balaban J connectivity index is 1.90. The molecule has 0 bridgehead atoms. The largest absolute Gasteiger partial charge is 0.426 e. The minimum Gasteiger partial charge on any atom is -0.426 e. The second-order valence-corrected chi connectivity index (χ2v) is 5.53. The molecule has 2 aromatic carbocycles. The quantitative estimate of drug-likeness (QED) is 0.481. The maximum atomic E-state index is 12.7. The molecule has 2 rings (SSSR count). The average molecular weight is 290 g/mol.